The van der Waals surface area contributed by atoms with Gasteiger partial charge in [0.25, 0.3) is 0 Å². The summed E-state index contributed by atoms with van der Waals surface area (Å²) in [5.41, 5.74) is 4.75. The monoisotopic (exact) mass is 534 g/mol. The molecule has 184 valence electrons. The summed E-state index contributed by atoms with van der Waals surface area (Å²) in [6.45, 7) is 10.3. The first-order chi connectivity index (χ1) is 16.5. The molecule has 0 bridgehead atoms. The highest BCUT2D eigenvalue weighted by molar-refractivity contribution is 9.10. The molecule has 0 radical (unpaired) electrons. The molecule has 1 unspecified atom stereocenters. The second-order valence-corrected chi connectivity index (χ2v) is 11.1. The van der Waals surface area contributed by atoms with Crippen LogP contribution in [0.25, 0.3) is 0 Å². The molecular weight excluding hydrogens is 500 g/mol. The lowest BCUT2D eigenvalue weighted by molar-refractivity contribution is -0.141. The molecule has 0 spiro atoms. The van der Waals surface area contributed by atoms with Crippen molar-refractivity contribution in [3.63, 3.8) is 0 Å². The summed E-state index contributed by atoms with van der Waals surface area (Å²) < 4.78 is 0.940. The maximum Gasteiger partial charge on any atom is 0.243 e. The fraction of sp³-hybridized carbons (Fsp3) is 0.333. The zero-order valence-corrected chi connectivity index (χ0v) is 22.9. The van der Waals surface area contributed by atoms with Crippen LogP contribution in [-0.4, -0.2) is 28.3 Å². The van der Waals surface area contributed by atoms with Gasteiger partial charge in [-0.3, -0.25) is 9.59 Å². The molecule has 0 aliphatic heterocycles. The van der Waals surface area contributed by atoms with Gasteiger partial charge in [-0.25, -0.2) is 0 Å². The molecule has 0 saturated heterocycles. The number of rotatable bonds is 8. The smallest absolute Gasteiger partial charge is 0.243 e. The Balaban J connectivity index is 2.02. The largest absolute Gasteiger partial charge is 0.350 e. The number of hydrogen-bond donors (Lipinski definition) is 1. The van der Waals surface area contributed by atoms with Crippen molar-refractivity contribution < 1.29 is 9.59 Å². The first kappa shape index (κ1) is 26.7. The van der Waals surface area contributed by atoms with Gasteiger partial charge in [0.1, 0.15) is 6.04 Å². The van der Waals surface area contributed by atoms with Crippen molar-refractivity contribution in [2.45, 2.75) is 65.6 Å². The minimum Gasteiger partial charge on any atom is -0.350 e. The summed E-state index contributed by atoms with van der Waals surface area (Å²) in [6, 6.07) is 23.3. The molecule has 5 heteroatoms. The van der Waals surface area contributed by atoms with Crippen LogP contribution in [0.3, 0.4) is 0 Å². The van der Waals surface area contributed by atoms with Gasteiger partial charge in [-0.05, 0) is 69.0 Å². The molecule has 0 saturated carbocycles. The van der Waals surface area contributed by atoms with Crippen LogP contribution in [0, 0.1) is 13.8 Å². The first-order valence-electron chi connectivity index (χ1n) is 12.0. The Kier molecular flexibility index (Phi) is 8.90. The third-order valence-corrected chi connectivity index (χ3v) is 6.35. The lowest BCUT2D eigenvalue weighted by Gasteiger charge is -2.34. The molecule has 0 aromatic heterocycles. The lowest BCUT2D eigenvalue weighted by Crippen LogP contribution is -2.54. The molecule has 3 rings (SSSR count). The van der Waals surface area contributed by atoms with E-state index in [1.165, 1.54) is 0 Å². The van der Waals surface area contributed by atoms with E-state index >= 15 is 0 Å². The van der Waals surface area contributed by atoms with Crippen LogP contribution in [0.2, 0.25) is 0 Å². The van der Waals surface area contributed by atoms with E-state index in [-0.39, 0.29) is 18.2 Å². The van der Waals surface area contributed by atoms with Gasteiger partial charge in [0.15, 0.2) is 0 Å². The number of nitrogens with one attached hydrogen (secondary N) is 1. The lowest BCUT2D eigenvalue weighted by atomic mass is 9.98. The van der Waals surface area contributed by atoms with Crippen molar-refractivity contribution in [2.75, 3.05) is 0 Å². The number of amides is 2. The van der Waals surface area contributed by atoms with Crippen LogP contribution >= 0.6 is 15.9 Å². The zero-order valence-electron chi connectivity index (χ0n) is 21.3. The van der Waals surface area contributed by atoms with Gasteiger partial charge in [-0.15, -0.1) is 0 Å². The Labute approximate surface area is 217 Å². The Morgan fingerprint density at radius 2 is 1.60 bits per heavy atom. The minimum atomic E-state index is -0.645. The molecule has 1 atom stereocenters. The van der Waals surface area contributed by atoms with E-state index in [1.54, 1.807) is 4.90 Å². The molecule has 0 aliphatic rings. The maximum atomic E-state index is 13.9. The van der Waals surface area contributed by atoms with E-state index in [4.69, 9.17) is 0 Å². The fourth-order valence-electron chi connectivity index (χ4n) is 4.09. The van der Waals surface area contributed by atoms with Crippen molar-refractivity contribution in [3.8, 4) is 0 Å². The predicted octanol–water partition coefficient (Wildman–Crippen LogP) is 6.16. The molecule has 1 N–H and O–H groups in total. The number of carbonyl (C=O) groups excluding carboxylic acids is 2. The third-order valence-electron chi connectivity index (χ3n) is 5.86. The summed E-state index contributed by atoms with van der Waals surface area (Å²) >= 11 is 3.54. The average molecular weight is 536 g/mol. The third kappa shape index (κ3) is 8.07. The van der Waals surface area contributed by atoms with E-state index in [0.29, 0.717) is 13.0 Å². The number of carbonyl (C=O) groups is 2. The van der Waals surface area contributed by atoms with Crippen LogP contribution in [-0.2, 0) is 29.0 Å². The topological polar surface area (TPSA) is 49.4 Å². The van der Waals surface area contributed by atoms with Gasteiger partial charge < -0.3 is 10.2 Å². The fourth-order valence-corrected chi connectivity index (χ4v) is 4.54. The summed E-state index contributed by atoms with van der Waals surface area (Å²) in [5, 5.41) is 3.11. The summed E-state index contributed by atoms with van der Waals surface area (Å²) in [6.07, 6.45) is 0.685. The van der Waals surface area contributed by atoms with E-state index in [0.717, 1.165) is 32.3 Å². The van der Waals surface area contributed by atoms with Crippen LogP contribution in [0.1, 0.15) is 48.6 Å². The quantitative estimate of drug-likeness (QED) is 0.376. The molecule has 0 aliphatic carbocycles. The number of nitrogens with zero attached hydrogens (tertiary/aromatic N) is 1. The van der Waals surface area contributed by atoms with Crippen LogP contribution in [0.15, 0.2) is 77.3 Å². The number of aryl methyl sites for hydroxylation is 2. The van der Waals surface area contributed by atoms with E-state index in [2.05, 4.69) is 33.4 Å². The van der Waals surface area contributed by atoms with Crippen molar-refractivity contribution >= 4 is 27.7 Å². The Morgan fingerprint density at radius 3 is 2.26 bits per heavy atom. The van der Waals surface area contributed by atoms with Crippen molar-refractivity contribution in [1.29, 1.82) is 0 Å². The highest BCUT2D eigenvalue weighted by atomic mass is 79.9. The van der Waals surface area contributed by atoms with E-state index in [9.17, 15) is 9.59 Å². The zero-order chi connectivity index (χ0) is 25.6. The summed E-state index contributed by atoms with van der Waals surface area (Å²) in [7, 11) is 0. The van der Waals surface area contributed by atoms with E-state index in [1.807, 2.05) is 95.3 Å². The SMILES string of the molecule is Cc1ccc(C)c(CC(=O)N(Cc2cccc(Br)c2)C(Cc2ccccc2)C(=O)NC(C)(C)C)c1. The standard InChI is InChI=1S/C30H35BrN2O2/c1-21-14-15-22(2)25(16-21)19-28(34)33(20-24-12-9-13-26(31)17-24)27(29(35)32-30(3,4)5)18-23-10-7-6-8-11-23/h6-17,27H,18-20H2,1-5H3,(H,32,35). The van der Waals surface area contributed by atoms with Crippen LogP contribution in [0.5, 0.6) is 0 Å². The van der Waals surface area contributed by atoms with Gasteiger partial charge in [-0.2, -0.15) is 0 Å². The second kappa shape index (κ2) is 11.7. The number of hydrogen-bond acceptors (Lipinski definition) is 2. The maximum absolute atomic E-state index is 13.9. The Hall–Kier alpha value is -2.92. The molecule has 35 heavy (non-hydrogen) atoms. The minimum absolute atomic E-state index is 0.0661. The highest BCUT2D eigenvalue weighted by Gasteiger charge is 2.32. The predicted molar refractivity (Wildman–Crippen MR) is 146 cm³/mol. The summed E-state index contributed by atoms with van der Waals surface area (Å²) in [5.74, 6) is -0.214. The number of halogens is 1. The first-order valence-corrected chi connectivity index (χ1v) is 12.8. The van der Waals surface area contributed by atoms with Crippen molar-refractivity contribution in [3.05, 3.63) is 105 Å². The van der Waals surface area contributed by atoms with Crippen LogP contribution in [0.4, 0.5) is 0 Å². The molecular formula is C30H35BrN2O2. The molecule has 2 amide bonds. The molecule has 3 aromatic carbocycles. The highest BCUT2D eigenvalue weighted by Crippen LogP contribution is 2.21. The van der Waals surface area contributed by atoms with Gasteiger partial charge in [-0.1, -0.05) is 82.2 Å². The van der Waals surface area contributed by atoms with Crippen molar-refractivity contribution in [1.82, 2.24) is 10.2 Å². The number of benzene rings is 3. The Morgan fingerprint density at radius 1 is 0.914 bits per heavy atom. The van der Waals surface area contributed by atoms with Gasteiger partial charge >= 0.3 is 0 Å². The summed E-state index contributed by atoms with van der Waals surface area (Å²) in [4.78, 5) is 29.3. The van der Waals surface area contributed by atoms with Gasteiger partial charge in [0.2, 0.25) is 11.8 Å². The van der Waals surface area contributed by atoms with Gasteiger partial charge in [0.05, 0.1) is 6.42 Å². The van der Waals surface area contributed by atoms with E-state index < -0.39 is 11.6 Å². The molecule has 0 heterocycles. The molecule has 4 nitrogen and oxygen atoms in total. The normalized spacial score (nSPS) is 12.2. The second-order valence-electron chi connectivity index (χ2n) is 10.2. The molecule has 3 aromatic rings. The van der Waals surface area contributed by atoms with Crippen LogP contribution < -0.4 is 5.32 Å². The van der Waals surface area contributed by atoms with Crippen molar-refractivity contribution in [2.24, 2.45) is 0 Å². The Bertz CT molecular complexity index is 1170. The van der Waals surface area contributed by atoms with Gasteiger partial charge in [0, 0.05) is 23.0 Å². The molecule has 0 fully saturated rings. The average Bonchev–Trinajstić information content (AvgIpc) is 2.78.